The van der Waals surface area contributed by atoms with Gasteiger partial charge in [0.15, 0.2) is 0 Å². The van der Waals surface area contributed by atoms with Crippen LogP contribution in [-0.2, 0) is 14.5 Å². The Morgan fingerprint density at radius 3 is 2.42 bits per heavy atom. The van der Waals surface area contributed by atoms with Gasteiger partial charge in [-0.2, -0.15) is 0 Å². The molecule has 1 aromatic heterocycles. The van der Waals surface area contributed by atoms with Crippen LogP contribution < -0.4 is 14.7 Å². The lowest BCUT2D eigenvalue weighted by molar-refractivity contribution is -0.124. The van der Waals surface area contributed by atoms with Gasteiger partial charge in [-0.3, -0.25) is 24.3 Å². The number of thioether (sulfide) groups is 1. The summed E-state index contributed by atoms with van der Waals surface area (Å²) in [4.78, 5) is 35.8. The molecule has 2 amide bonds. The highest BCUT2D eigenvalue weighted by molar-refractivity contribution is 8.03. The fourth-order valence-electron chi connectivity index (χ4n) is 6.90. The van der Waals surface area contributed by atoms with Crippen LogP contribution in [0.5, 0.6) is 0 Å². The number of benzene rings is 4. The van der Waals surface area contributed by atoms with Crippen LogP contribution in [0.3, 0.4) is 0 Å². The van der Waals surface area contributed by atoms with Crippen molar-refractivity contribution >= 4 is 62.6 Å². The third-order valence-corrected chi connectivity index (χ3v) is 10.5. The molecule has 43 heavy (non-hydrogen) atoms. The first-order valence-corrected chi connectivity index (χ1v) is 15.7. The Bertz CT molecular complexity index is 1910. The average molecular weight is 589 g/mol. The van der Waals surface area contributed by atoms with Crippen LogP contribution in [0.15, 0.2) is 95.4 Å². The number of anilines is 3. The van der Waals surface area contributed by atoms with Gasteiger partial charge in [0.2, 0.25) is 10.8 Å². The number of hydrogen-bond donors (Lipinski definition) is 0. The van der Waals surface area contributed by atoms with E-state index in [1.165, 1.54) is 23.0 Å². The normalized spacial score (nSPS) is 22.5. The van der Waals surface area contributed by atoms with Crippen molar-refractivity contribution in [3.05, 3.63) is 102 Å². The molecule has 216 valence electrons. The van der Waals surface area contributed by atoms with Crippen LogP contribution in [0.1, 0.15) is 18.1 Å². The molecular weight excluding hydrogens is 556 g/mol. The molecule has 1 spiro atoms. The molecule has 8 rings (SSSR count). The molecule has 7 nitrogen and oxygen atoms in total. The van der Waals surface area contributed by atoms with E-state index in [1.54, 1.807) is 4.90 Å². The Morgan fingerprint density at radius 2 is 1.58 bits per heavy atom. The van der Waals surface area contributed by atoms with Gasteiger partial charge in [0.25, 0.3) is 5.91 Å². The third-order valence-electron chi connectivity index (χ3n) is 9.03. The summed E-state index contributed by atoms with van der Waals surface area (Å²) in [6.07, 6.45) is 0. The second-order valence-electron chi connectivity index (χ2n) is 11.7. The highest BCUT2D eigenvalue weighted by Crippen LogP contribution is 2.58. The summed E-state index contributed by atoms with van der Waals surface area (Å²) in [6.45, 7) is 8.00. The first-order valence-electron chi connectivity index (χ1n) is 14.8. The summed E-state index contributed by atoms with van der Waals surface area (Å²) >= 11 is 1.44. The van der Waals surface area contributed by atoms with Gasteiger partial charge in [-0.05, 0) is 55.8 Å². The second-order valence-corrected chi connectivity index (χ2v) is 13.2. The van der Waals surface area contributed by atoms with Crippen molar-refractivity contribution in [2.24, 2.45) is 0 Å². The molecule has 2 fully saturated rings. The number of furan rings is 1. The van der Waals surface area contributed by atoms with E-state index in [0.717, 1.165) is 53.8 Å². The highest BCUT2D eigenvalue weighted by atomic mass is 32.2. The van der Waals surface area contributed by atoms with Crippen molar-refractivity contribution in [2.75, 3.05) is 47.5 Å². The van der Waals surface area contributed by atoms with E-state index >= 15 is 0 Å². The van der Waals surface area contributed by atoms with Gasteiger partial charge in [-0.25, -0.2) is 0 Å². The lowest BCUT2D eigenvalue weighted by Crippen LogP contribution is -2.54. The number of fused-ring (bicyclic) bond motifs is 5. The number of aryl methyl sites for hydroxylation is 1. The smallest absolute Gasteiger partial charge is 0.269 e. The number of piperazine rings is 1. The largest absolute Gasteiger partial charge is 0.456 e. The molecule has 4 heterocycles. The molecule has 0 aliphatic carbocycles. The molecule has 5 aromatic rings. The summed E-state index contributed by atoms with van der Waals surface area (Å²) in [5.41, 5.74) is 6.41. The minimum atomic E-state index is -1.17. The van der Waals surface area contributed by atoms with Crippen molar-refractivity contribution in [2.45, 2.75) is 24.0 Å². The maximum atomic E-state index is 14.7. The standard InChI is InChI=1S/C35H32N4O3S/c1-23-8-7-9-25(20-23)37-18-16-36(17-19-37)22-38-30-12-5-4-11-29(30)35(34(38)41)39(33(40)24(2)43-35)26-14-15-28-27-10-3-6-13-31(27)42-32(28)21-26/h3-15,20-21,24H,16-19,22H2,1-2H3/t24-,35+/m1/s1. The van der Waals surface area contributed by atoms with E-state index in [9.17, 15) is 9.59 Å². The molecule has 2 atom stereocenters. The molecular formula is C35H32N4O3S. The summed E-state index contributed by atoms with van der Waals surface area (Å²) in [5.74, 6) is -0.139. The van der Waals surface area contributed by atoms with Crippen molar-refractivity contribution < 1.29 is 14.0 Å². The molecule has 2 saturated heterocycles. The fraction of sp³-hybridized carbons (Fsp3) is 0.257. The minimum absolute atomic E-state index is 0.0674. The van der Waals surface area contributed by atoms with Gasteiger partial charge in [-0.15, -0.1) is 11.8 Å². The van der Waals surface area contributed by atoms with Crippen LogP contribution in [0.4, 0.5) is 17.1 Å². The first kappa shape index (κ1) is 26.4. The molecule has 0 N–H and O–H groups in total. The van der Waals surface area contributed by atoms with Gasteiger partial charge >= 0.3 is 0 Å². The minimum Gasteiger partial charge on any atom is -0.456 e. The molecule has 0 bridgehead atoms. The molecule has 0 radical (unpaired) electrons. The van der Waals surface area contributed by atoms with E-state index in [-0.39, 0.29) is 17.1 Å². The number of amides is 2. The molecule has 4 aromatic carbocycles. The van der Waals surface area contributed by atoms with Gasteiger partial charge < -0.3 is 9.32 Å². The van der Waals surface area contributed by atoms with Gasteiger partial charge in [0.1, 0.15) is 11.2 Å². The Morgan fingerprint density at radius 1 is 0.814 bits per heavy atom. The van der Waals surface area contributed by atoms with E-state index in [0.29, 0.717) is 17.9 Å². The van der Waals surface area contributed by atoms with Crippen molar-refractivity contribution in [1.82, 2.24) is 4.90 Å². The molecule has 3 aliphatic rings. The lowest BCUT2D eigenvalue weighted by Gasteiger charge is -2.38. The Hall–Kier alpha value is -4.27. The molecule has 0 saturated carbocycles. The Labute approximate surface area is 254 Å². The summed E-state index contributed by atoms with van der Waals surface area (Å²) < 4.78 is 6.18. The maximum absolute atomic E-state index is 14.7. The zero-order valence-electron chi connectivity index (χ0n) is 24.2. The predicted molar refractivity (Wildman–Crippen MR) is 174 cm³/mol. The first-order chi connectivity index (χ1) is 20.9. The van der Waals surface area contributed by atoms with Gasteiger partial charge in [0.05, 0.1) is 17.6 Å². The Kier molecular flexibility index (Phi) is 6.07. The summed E-state index contributed by atoms with van der Waals surface area (Å²) in [6, 6.07) is 30.4. The summed E-state index contributed by atoms with van der Waals surface area (Å²) in [7, 11) is 0. The summed E-state index contributed by atoms with van der Waals surface area (Å²) in [5, 5.41) is 1.65. The maximum Gasteiger partial charge on any atom is 0.269 e. The lowest BCUT2D eigenvalue weighted by atomic mass is 10.0. The zero-order valence-corrected chi connectivity index (χ0v) is 25.0. The van der Waals surface area contributed by atoms with Gasteiger partial charge in [-0.1, -0.05) is 48.5 Å². The number of para-hydroxylation sites is 2. The number of carbonyl (C=O) groups is 2. The second kappa shape index (κ2) is 9.89. The van der Waals surface area contributed by atoms with Crippen LogP contribution in [0, 0.1) is 6.92 Å². The van der Waals surface area contributed by atoms with Crippen molar-refractivity contribution in [1.29, 1.82) is 0 Å². The van der Waals surface area contributed by atoms with Crippen LogP contribution >= 0.6 is 11.8 Å². The Balaban J connectivity index is 1.13. The van der Waals surface area contributed by atoms with Gasteiger partial charge in [0, 0.05) is 60.0 Å². The molecule has 8 heteroatoms. The zero-order chi connectivity index (χ0) is 29.3. The van der Waals surface area contributed by atoms with Crippen LogP contribution in [0.25, 0.3) is 21.9 Å². The fourth-order valence-corrected chi connectivity index (χ4v) is 8.43. The predicted octanol–water partition coefficient (Wildman–Crippen LogP) is 6.34. The van der Waals surface area contributed by atoms with Crippen molar-refractivity contribution in [3.63, 3.8) is 0 Å². The quantitative estimate of drug-likeness (QED) is 0.244. The number of hydrogen-bond acceptors (Lipinski definition) is 6. The third kappa shape index (κ3) is 4.00. The van der Waals surface area contributed by atoms with E-state index in [2.05, 4.69) is 41.0 Å². The number of carbonyl (C=O) groups excluding carboxylic acids is 2. The number of nitrogens with zero attached hydrogens (tertiary/aromatic N) is 4. The van der Waals surface area contributed by atoms with Crippen molar-refractivity contribution in [3.8, 4) is 0 Å². The monoisotopic (exact) mass is 588 g/mol. The SMILES string of the molecule is Cc1cccc(N2CCN(CN3C(=O)[C@@]4(S[C@H](C)C(=O)N4c4ccc5c(c4)oc4ccccc45)c4ccccc43)CC2)c1. The average Bonchev–Trinajstić information content (AvgIpc) is 3.61. The van der Waals surface area contributed by atoms with E-state index in [4.69, 9.17) is 4.42 Å². The van der Waals surface area contributed by atoms with E-state index in [1.807, 2.05) is 78.6 Å². The van der Waals surface area contributed by atoms with Crippen LogP contribution in [-0.4, -0.2) is 54.8 Å². The highest BCUT2D eigenvalue weighted by Gasteiger charge is 2.63. The molecule has 0 unspecified atom stereocenters. The van der Waals surface area contributed by atoms with Crippen LogP contribution in [0.2, 0.25) is 0 Å². The topological polar surface area (TPSA) is 60.2 Å². The molecule has 3 aliphatic heterocycles. The van der Waals surface area contributed by atoms with E-state index < -0.39 is 4.87 Å². The number of rotatable bonds is 4.